The zero-order valence-electron chi connectivity index (χ0n) is 13.9. The van der Waals surface area contributed by atoms with E-state index in [9.17, 15) is 19.2 Å². The molecule has 1 aliphatic rings. The van der Waals surface area contributed by atoms with Crippen LogP contribution in [0.15, 0.2) is 18.2 Å². The van der Waals surface area contributed by atoms with Gasteiger partial charge in [-0.2, -0.15) is 0 Å². The Morgan fingerprint density at radius 3 is 2.40 bits per heavy atom. The van der Waals surface area contributed by atoms with Crippen LogP contribution < -0.4 is 9.64 Å². The number of rotatable bonds is 7. The van der Waals surface area contributed by atoms with Crippen LogP contribution in [0.1, 0.15) is 37.0 Å². The summed E-state index contributed by atoms with van der Waals surface area (Å²) in [5, 5.41) is 17.8. The van der Waals surface area contributed by atoms with E-state index in [1.54, 1.807) is 13.8 Å². The number of ketones is 1. The van der Waals surface area contributed by atoms with Crippen LogP contribution in [0.2, 0.25) is 0 Å². The number of amides is 1. The maximum absolute atomic E-state index is 12.5. The van der Waals surface area contributed by atoms with Gasteiger partial charge >= 0.3 is 11.9 Å². The topological polar surface area (TPSA) is 121 Å². The minimum Gasteiger partial charge on any atom is -0.481 e. The molecule has 0 spiro atoms. The first kappa shape index (κ1) is 18.4. The molecule has 2 rings (SSSR count). The molecule has 1 amide bonds. The van der Waals surface area contributed by atoms with Gasteiger partial charge in [0.1, 0.15) is 12.3 Å². The van der Waals surface area contributed by atoms with Crippen LogP contribution in [0.3, 0.4) is 0 Å². The molecular weight excluding hydrogens is 330 g/mol. The summed E-state index contributed by atoms with van der Waals surface area (Å²) in [7, 11) is 0. The first-order chi connectivity index (χ1) is 11.7. The molecule has 0 fully saturated rings. The highest BCUT2D eigenvalue weighted by atomic mass is 16.5. The third kappa shape index (κ3) is 4.14. The van der Waals surface area contributed by atoms with Gasteiger partial charge in [-0.25, -0.2) is 0 Å². The van der Waals surface area contributed by atoms with Crippen molar-refractivity contribution in [3.05, 3.63) is 23.8 Å². The second kappa shape index (κ2) is 7.33. The molecule has 134 valence electrons. The molecule has 1 unspecified atom stereocenters. The van der Waals surface area contributed by atoms with E-state index in [1.165, 1.54) is 18.2 Å². The number of fused-ring (bicyclic) bond motifs is 1. The lowest BCUT2D eigenvalue weighted by molar-refractivity contribution is -0.138. The lowest BCUT2D eigenvalue weighted by Gasteiger charge is -2.35. The second-order valence-corrected chi connectivity index (χ2v) is 6.10. The maximum Gasteiger partial charge on any atom is 0.323 e. The second-order valence-electron chi connectivity index (χ2n) is 6.10. The Labute approximate surface area is 144 Å². The van der Waals surface area contributed by atoms with Crippen LogP contribution in [0, 0.1) is 5.92 Å². The SMILES string of the molecule is CC(C)C1Oc2ccc(C(=O)CCC(=O)O)cc2N(CC(=O)O)C1=O. The van der Waals surface area contributed by atoms with Gasteiger partial charge in [-0.05, 0) is 24.1 Å². The number of benzene rings is 1. The fraction of sp³-hybridized carbons (Fsp3) is 0.412. The van der Waals surface area contributed by atoms with Crippen molar-refractivity contribution >= 4 is 29.3 Å². The zero-order valence-corrected chi connectivity index (χ0v) is 13.9. The number of aliphatic carboxylic acids is 2. The molecule has 2 N–H and O–H groups in total. The van der Waals surface area contributed by atoms with Crippen molar-refractivity contribution in [1.82, 2.24) is 0 Å². The highest BCUT2D eigenvalue weighted by Crippen LogP contribution is 2.36. The van der Waals surface area contributed by atoms with Gasteiger partial charge < -0.3 is 14.9 Å². The Hall–Kier alpha value is -2.90. The summed E-state index contributed by atoms with van der Waals surface area (Å²) >= 11 is 0. The highest BCUT2D eigenvalue weighted by molar-refractivity contribution is 6.05. The number of carbonyl (C=O) groups is 4. The number of hydrogen-bond donors (Lipinski definition) is 2. The number of hydrogen-bond acceptors (Lipinski definition) is 5. The van der Waals surface area contributed by atoms with E-state index < -0.39 is 36.3 Å². The van der Waals surface area contributed by atoms with Crippen LogP contribution in [-0.4, -0.2) is 46.5 Å². The number of Topliss-reactive ketones (excluding diaryl/α,β-unsaturated/α-hetero) is 1. The zero-order chi connectivity index (χ0) is 18.7. The summed E-state index contributed by atoms with van der Waals surface area (Å²) in [5.41, 5.74) is 0.403. The minimum atomic E-state index is -1.19. The van der Waals surface area contributed by atoms with Gasteiger partial charge in [-0.3, -0.25) is 24.1 Å². The number of carbonyl (C=O) groups excluding carboxylic acids is 2. The first-order valence-electron chi connectivity index (χ1n) is 7.79. The largest absolute Gasteiger partial charge is 0.481 e. The van der Waals surface area contributed by atoms with E-state index in [1.807, 2.05) is 0 Å². The number of anilines is 1. The van der Waals surface area contributed by atoms with Crippen molar-refractivity contribution in [2.24, 2.45) is 5.92 Å². The Kier molecular flexibility index (Phi) is 5.41. The molecule has 0 aromatic heterocycles. The Morgan fingerprint density at radius 2 is 1.84 bits per heavy atom. The molecule has 8 heteroatoms. The molecule has 0 saturated heterocycles. The maximum atomic E-state index is 12.5. The number of carboxylic acids is 2. The summed E-state index contributed by atoms with van der Waals surface area (Å²) < 4.78 is 5.66. The van der Waals surface area contributed by atoms with Gasteiger partial charge in [0.2, 0.25) is 0 Å². The molecule has 0 bridgehead atoms. The third-order valence-corrected chi connectivity index (χ3v) is 3.80. The number of nitrogens with zero attached hydrogens (tertiary/aromatic N) is 1. The monoisotopic (exact) mass is 349 g/mol. The van der Waals surface area contributed by atoms with E-state index in [4.69, 9.17) is 14.9 Å². The van der Waals surface area contributed by atoms with Crippen LogP contribution in [-0.2, 0) is 14.4 Å². The van der Waals surface area contributed by atoms with Crippen LogP contribution in [0.25, 0.3) is 0 Å². The standard InChI is InChI=1S/C17H19NO7/c1-9(2)16-17(24)18(8-15(22)23)11-7-10(3-5-13(11)25-16)12(19)4-6-14(20)21/h3,5,7,9,16H,4,6,8H2,1-2H3,(H,20,21)(H,22,23). The highest BCUT2D eigenvalue weighted by Gasteiger charge is 2.37. The van der Waals surface area contributed by atoms with Crippen LogP contribution in [0.4, 0.5) is 5.69 Å². The van der Waals surface area contributed by atoms with Crippen molar-refractivity contribution in [3.63, 3.8) is 0 Å². The van der Waals surface area contributed by atoms with E-state index in [2.05, 4.69) is 0 Å². The molecule has 25 heavy (non-hydrogen) atoms. The Bertz CT molecular complexity index is 726. The number of carboxylic acid groups (broad SMARTS) is 2. The van der Waals surface area contributed by atoms with Crippen LogP contribution in [0.5, 0.6) is 5.75 Å². The van der Waals surface area contributed by atoms with Gasteiger partial charge in [0.05, 0.1) is 12.1 Å². The molecule has 0 saturated carbocycles. The lowest BCUT2D eigenvalue weighted by Crippen LogP contribution is -2.50. The Balaban J connectivity index is 2.38. The van der Waals surface area contributed by atoms with E-state index in [0.29, 0.717) is 5.75 Å². The molecular formula is C17H19NO7. The average Bonchev–Trinajstić information content (AvgIpc) is 2.53. The summed E-state index contributed by atoms with van der Waals surface area (Å²) in [6.07, 6.45) is -1.30. The number of ether oxygens (including phenoxy) is 1. The summed E-state index contributed by atoms with van der Waals surface area (Å²) in [6.45, 7) is 3.03. The van der Waals surface area contributed by atoms with Gasteiger partial charge in [-0.1, -0.05) is 13.8 Å². The van der Waals surface area contributed by atoms with Gasteiger partial charge in [-0.15, -0.1) is 0 Å². The van der Waals surface area contributed by atoms with Crippen molar-refractivity contribution in [1.29, 1.82) is 0 Å². The van der Waals surface area contributed by atoms with Crippen molar-refractivity contribution in [2.45, 2.75) is 32.8 Å². The first-order valence-corrected chi connectivity index (χ1v) is 7.79. The quantitative estimate of drug-likeness (QED) is 0.717. The molecule has 1 aliphatic heterocycles. The molecule has 8 nitrogen and oxygen atoms in total. The average molecular weight is 349 g/mol. The van der Waals surface area contributed by atoms with Gasteiger partial charge in [0, 0.05) is 12.0 Å². The normalized spacial score (nSPS) is 16.4. The molecule has 1 aromatic carbocycles. The van der Waals surface area contributed by atoms with E-state index in [-0.39, 0.29) is 30.0 Å². The summed E-state index contributed by atoms with van der Waals surface area (Å²) in [4.78, 5) is 47.4. The molecule has 1 aromatic rings. The van der Waals surface area contributed by atoms with Crippen molar-refractivity contribution < 1.29 is 34.1 Å². The fourth-order valence-corrected chi connectivity index (χ4v) is 2.55. The molecule has 0 radical (unpaired) electrons. The van der Waals surface area contributed by atoms with Crippen LogP contribution >= 0.6 is 0 Å². The minimum absolute atomic E-state index is 0.159. The van der Waals surface area contributed by atoms with Crippen molar-refractivity contribution in [2.75, 3.05) is 11.4 Å². The third-order valence-electron chi connectivity index (χ3n) is 3.80. The smallest absolute Gasteiger partial charge is 0.323 e. The molecule has 1 atom stereocenters. The summed E-state index contributed by atoms with van der Waals surface area (Å²) in [6, 6.07) is 4.35. The van der Waals surface area contributed by atoms with E-state index >= 15 is 0 Å². The summed E-state index contributed by atoms with van der Waals surface area (Å²) in [5.74, 6) is -3.01. The molecule has 0 aliphatic carbocycles. The lowest BCUT2D eigenvalue weighted by atomic mass is 10.0. The Morgan fingerprint density at radius 1 is 1.16 bits per heavy atom. The molecule has 1 heterocycles. The van der Waals surface area contributed by atoms with E-state index in [0.717, 1.165) is 4.90 Å². The predicted molar refractivity (Wildman–Crippen MR) is 86.9 cm³/mol. The fourth-order valence-electron chi connectivity index (χ4n) is 2.55. The van der Waals surface area contributed by atoms with Gasteiger partial charge in [0.25, 0.3) is 5.91 Å². The predicted octanol–water partition coefficient (Wildman–Crippen LogP) is 1.57. The van der Waals surface area contributed by atoms with Crippen molar-refractivity contribution in [3.8, 4) is 5.75 Å². The van der Waals surface area contributed by atoms with Gasteiger partial charge in [0.15, 0.2) is 11.9 Å².